The average Bonchev–Trinajstić information content (AvgIpc) is 2.27. The van der Waals surface area contributed by atoms with Crippen LogP contribution in [0, 0.1) is 5.82 Å². The van der Waals surface area contributed by atoms with E-state index >= 15 is 0 Å². The van der Waals surface area contributed by atoms with Gasteiger partial charge >= 0.3 is 5.97 Å². The second-order valence-corrected chi connectivity index (χ2v) is 4.04. The van der Waals surface area contributed by atoms with E-state index in [4.69, 9.17) is 5.11 Å². The topological polar surface area (TPSA) is 66.4 Å². The highest BCUT2D eigenvalue weighted by Crippen LogP contribution is 2.15. The zero-order valence-corrected chi connectivity index (χ0v) is 10.2. The van der Waals surface area contributed by atoms with Gasteiger partial charge in [-0.2, -0.15) is 0 Å². The minimum atomic E-state index is -1.21. The maximum Gasteiger partial charge on any atom is 0.328 e. The van der Waals surface area contributed by atoms with Gasteiger partial charge in [-0.15, -0.1) is 0 Å². The summed E-state index contributed by atoms with van der Waals surface area (Å²) >= 11 is 3.18. The number of nitrogens with one attached hydrogen (secondary N) is 1. The number of halogens is 2. The van der Waals surface area contributed by atoms with Crippen LogP contribution >= 0.6 is 15.9 Å². The van der Waals surface area contributed by atoms with E-state index in [9.17, 15) is 14.0 Å². The zero-order valence-electron chi connectivity index (χ0n) is 8.61. The van der Waals surface area contributed by atoms with Gasteiger partial charge in [0.15, 0.2) is 0 Å². The van der Waals surface area contributed by atoms with Crippen molar-refractivity contribution in [2.75, 3.05) is 0 Å². The lowest BCUT2D eigenvalue weighted by atomic mass is 10.2. The summed E-state index contributed by atoms with van der Waals surface area (Å²) in [5.41, 5.74) is 0.316. The molecule has 2 N–H and O–H groups in total. The van der Waals surface area contributed by atoms with E-state index in [1.54, 1.807) is 6.07 Å². The molecule has 0 aromatic heterocycles. The summed E-state index contributed by atoms with van der Waals surface area (Å²) in [5.74, 6) is -2.24. The number of amides is 1. The third kappa shape index (κ3) is 4.78. The fraction of sp³-hybridized carbons (Fsp3) is 0.0909. The SMILES string of the molecule is O=C(O)C=CC(=O)NCc1cc(Br)ccc1F. The third-order valence-electron chi connectivity index (χ3n) is 1.84. The van der Waals surface area contributed by atoms with Crippen LogP contribution in [0.3, 0.4) is 0 Å². The number of hydrogen-bond donors (Lipinski definition) is 2. The van der Waals surface area contributed by atoms with E-state index in [1.165, 1.54) is 12.1 Å². The lowest BCUT2D eigenvalue weighted by molar-refractivity contribution is -0.131. The van der Waals surface area contributed by atoms with Crippen LogP contribution in [0.4, 0.5) is 4.39 Å². The molecule has 0 saturated carbocycles. The second kappa shape index (κ2) is 6.15. The summed E-state index contributed by atoms with van der Waals surface area (Å²) < 4.78 is 13.9. The molecule has 0 bridgehead atoms. The molecule has 0 heterocycles. The Hall–Kier alpha value is -1.69. The Morgan fingerprint density at radius 1 is 1.41 bits per heavy atom. The van der Waals surface area contributed by atoms with Crippen molar-refractivity contribution >= 4 is 27.8 Å². The van der Waals surface area contributed by atoms with E-state index in [1.807, 2.05) is 0 Å². The number of carbonyl (C=O) groups is 2. The predicted molar refractivity (Wildman–Crippen MR) is 62.7 cm³/mol. The van der Waals surface area contributed by atoms with Crippen molar-refractivity contribution in [2.24, 2.45) is 0 Å². The first-order valence-corrected chi connectivity index (χ1v) is 5.41. The van der Waals surface area contributed by atoms with Gasteiger partial charge in [-0.25, -0.2) is 9.18 Å². The molecule has 90 valence electrons. The van der Waals surface area contributed by atoms with E-state index in [0.29, 0.717) is 16.1 Å². The molecule has 0 radical (unpaired) electrons. The molecule has 0 aliphatic carbocycles. The van der Waals surface area contributed by atoms with Crippen LogP contribution in [0.1, 0.15) is 5.56 Å². The van der Waals surface area contributed by atoms with Crippen molar-refractivity contribution in [3.8, 4) is 0 Å². The largest absolute Gasteiger partial charge is 0.478 e. The number of carboxylic acid groups (broad SMARTS) is 1. The molecular formula is C11H9BrFNO3. The lowest BCUT2D eigenvalue weighted by Crippen LogP contribution is -2.21. The second-order valence-electron chi connectivity index (χ2n) is 3.13. The Kier molecular flexibility index (Phi) is 4.84. The van der Waals surface area contributed by atoms with Crippen LogP contribution in [-0.4, -0.2) is 17.0 Å². The number of carbonyl (C=O) groups excluding carboxylic acids is 1. The monoisotopic (exact) mass is 301 g/mol. The average molecular weight is 302 g/mol. The van der Waals surface area contributed by atoms with E-state index in [2.05, 4.69) is 21.2 Å². The fourth-order valence-corrected chi connectivity index (χ4v) is 1.48. The minimum absolute atomic E-state index is 0.00589. The molecule has 1 aromatic rings. The number of carboxylic acids is 1. The molecule has 1 aromatic carbocycles. The van der Waals surface area contributed by atoms with Crippen LogP contribution in [0.5, 0.6) is 0 Å². The Labute approximate surface area is 105 Å². The summed E-state index contributed by atoms with van der Waals surface area (Å²) in [6.07, 6.45) is 1.59. The molecule has 6 heteroatoms. The van der Waals surface area contributed by atoms with Gasteiger partial charge in [0.1, 0.15) is 5.82 Å². The molecule has 0 aliphatic rings. The number of benzene rings is 1. The molecule has 0 atom stereocenters. The molecule has 0 spiro atoms. The van der Waals surface area contributed by atoms with Gasteiger partial charge in [-0.05, 0) is 18.2 Å². The van der Waals surface area contributed by atoms with Crippen molar-refractivity contribution in [1.82, 2.24) is 5.32 Å². The first kappa shape index (κ1) is 13.4. The fourth-order valence-electron chi connectivity index (χ4n) is 1.07. The molecule has 1 rings (SSSR count). The van der Waals surface area contributed by atoms with Crippen LogP contribution in [0.25, 0.3) is 0 Å². The number of rotatable bonds is 4. The van der Waals surface area contributed by atoms with E-state index < -0.39 is 17.7 Å². The van der Waals surface area contributed by atoms with Gasteiger partial charge in [0.05, 0.1) is 0 Å². The summed E-state index contributed by atoms with van der Waals surface area (Å²) in [6, 6.07) is 4.36. The first-order chi connectivity index (χ1) is 7.99. The highest BCUT2D eigenvalue weighted by Gasteiger charge is 2.04. The van der Waals surface area contributed by atoms with Crippen molar-refractivity contribution in [3.63, 3.8) is 0 Å². The van der Waals surface area contributed by atoms with Crippen LogP contribution in [0.15, 0.2) is 34.8 Å². The molecule has 0 saturated heterocycles. The number of hydrogen-bond acceptors (Lipinski definition) is 2. The molecule has 0 fully saturated rings. The van der Waals surface area contributed by atoms with Crippen LogP contribution in [-0.2, 0) is 16.1 Å². The van der Waals surface area contributed by atoms with Gasteiger partial charge < -0.3 is 10.4 Å². The van der Waals surface area contributed by atoms with Gasteiger partial charge in [0.2, 0.25) is 5.91 Å². The van der Waals surface area contributed by atoms with Gasteiger partial charge in [-0.3, -0.25) is 4.79 Å². The van der Waals surface area contributed by atoms with Crippen molar-refractivity contribution < 1.29 is 19.1 Å². The molecule has 1 amide bonds. The maximum atomic E-state index is 13.2. The summed E-state index contributed by atoms with van der Waals surface area (Å²) in [7, 11) is 0. The Balaban J connectivity index is 2.58. The first-order valence-electron chi connectivity index (χ1n) is 4.62. The maximum absolute atomic E-state index is 13.2. The molecule has 0 aliphatic heterocycles. The Morgan fingerprint density at radius 2 is 2.12 bits per heavy atom. The van der Waals surface area contributed by atoms with E-state index in [-0.39, 0.29) is 6.54 Å². The Morgan fingerprint density at radius 3 is 2.76 bits per heavy atom. The van der Waals surface area contributed by atoms with Gasteiger partial charge in [0.25, 0.3) is 0 Å². The zero-order chi connectivity index (χ0) is 12.8. The summed E-state index contributed by atoms with van der Waals surface area (Å²) in [6.45, 7) is -0.00589. The summed E-state index contributed by atoms with van der Waals surface area (Å²) in [5, 5.41) is 10.7. The highest BCUT2D eigenvalue weighted by molar-refractivity contribution is 9.10. The Bertz CT molecular complexity index is 474. The standard InChI is InChI=1S/C11H9BrFNO3/c12-8-1-2-9(13)7(5-8)6-14-10(15)3-4-11(16)17/h1-5H,6H2,(H,14,15)(H,16,17). The molecule has 17 heavy (non-hydrogen) atoms. The van der Waals surface area contributed by atoms with Crippen molar-refractivity contribution in [3.05, 3.63) is 46.2 Å². The van der Waals surface area contributed by atoms with E-state index in [0.717, 1.165) is 6.08 Å². The number of aliphatic carboxylic acids is 1. The van der Waals surface area contributed by atoms with Crippen molar-refractivity contribution in [1.29, 1.82) is 0 Å². The quantitative estimate of drug-likeness (QED) is 0.834. The molecule has 0 unspecified atom stereocenters. The predicted octanol–water partition coefficient (Wildman–Crippen LogP) is 1.85. The van der Waals surface area contributed by atoms with Crippen molar-refractivity contribution in [2.45, 2.75) is 6.54 Å². The third-order valence-corrected chi connectivity index (χ3v) is 2.33. The smallest absolute Gasteiger partial charge is 0.328 e. The van der Waals surface area contributed by atoms with Gasteiger partial charge in [-0.1, -0.05) is 15.9 Å². The lowest BCUT2D eigenvalue weighted by Gasteiger charge is -2.04. The minimum Gasteiger partial charge on any atom is -0.478 e. The van der Waals surface area contributed by atoms with Crippen LogP contribution < -0.4 is 5.32 Å². The molecule has 4 nitrogen and oxygen atoms in total. The molecular weight excluding hydrogens is 293 g/mol. The summed E-state index contributed by atoms with van der Waals surface area (Å²) in [4.78, 5) is 21.3. The highest BCUT2D eigenvalue weighted by atomic mass is 79.9. The normalized spacial score (nSPS) is 10.5. The van der Waals surface area contributed by atoms with Gasteiger partial charge in [0, 0.05) is 28.7 Å². The van der Waals surface area contributed by atoms with Crippen LogP contribution in [0.2, 0.25) is 0 Å².